The van der Waals surface area contributed by atoms with Crippen LogP contribution in [0, 0.1) is 4.77 Å². The third kappa shape index (κ3) is 2.13. The Bertz CT molecular complexity index is 662. The summed E-state index contributed by atoms with van der Waals surface area (Å²) in [6, 6.07) is 5.26. The highest BCUT2D eigenvalue weighted by molar-refractivity contribution is 7.71. The van der Waals surface area contributed by atoms with E-state index in [0.717, 1.165) is 23.4 Å². The third-order valence-corrected chi connectivity index (χ3v) is 3.71. The van der Waals surface area contributed by atoms with Crippen molar-refractivity contribution in [3.63, 3.8) is 0 Å². The van der Waals surface area contributed by atoms with Gasteiger partial charge in [-0.1, -0.05) is 0 Å². The number of rotatable bonds is 2. The number of nitrogens with zero attached hydrogens (tertiary/aromatic N) is 1. The topological polar surface area (TPSA) is 76.2 Å². The number of aromatic nitrogens is 2. The van der Waals surface area contributed by atoms with Gasteiger partial charge < -0.3 is 25.1 Å². The molecule has 4 N–H and O–H groups in total. The van der Waals surface area contributed by atoms with Crippen LogP contribution in [-0.4, -0.2) is 21.3 Å². The number of aromatic hydroxyl groups is 1. The van der Waals surface area contributed by atoms with E-state index in [0.29, 0.717) is 17.9 Å². The van der Waals surface area contributed by atoms with Crippen molar-refractivity contribution in [2.75, 3.05) is 6.61 Å². The second kappa shape index (κ2) is 4.71. The molecule has 0 amide bonds. The largest absolute Gasteiger partial charge is 0.508 e. The van der Waals surface area contributed by atoms with Gasteiger partial charge in [0.15, 0.2) is 4.77 Å². The second-order valence-corrected chi connectivity index (χ2v) is 5.01. The highest BCUT2D eigenvalue weighted by atomic mass is 32.1. The number of nitrogens with two attached hydrogens (primary N) is 1. The Kier molecular flexibility index (Phi) is 3.04. The van der Waals surface area contributed by atoms with Gasteiger partial charge in [0.25, 0.3) is 0 Å². The zero-order valence-electron chi connectivity index (χ0n) is 10.3. The summed E-state index contributed by atoms with van der Waals surface area (Å²) in [6.45, 7) is 0.980. The molecule has 0 spiro atoms. The average Bonchev–Trinajstić information content (AvgIpc) is 2.79. The first-order valence-corrected chi connectivity index (χ1v) is 6.53. The Morgan fingerprint density at radius 2 is 2.37 bits per heavy atom. The average molecular weight is 277 g/mol. The van der Waals surface area contributed by atoms with Gasteiger partial charge in [-0.25, -0.2) is 0 Å². The van der Waals surface area contributed by atoms with Crippen molar-refractivity contribution in [3.8, 4) is 11.5 Å². The summed E-state index contributed by atoms with van der Waals surface area (Å²) in [4.78, 5) is 3.01. The molecule has 100 valence electrons. The van der Waals surface area contributed by atoms with Crippen LogP contribution >= 0.6 is 12.2 Å². The Morgan fingerprint density at radius 1 is 1.53 bits per heavy atom. The van der Waals surface area contributed by atoms with Crippen LogP contribution in [0.4, 0.5) is 0 Å². The number of aromatic amines is 1. The second-order valence-electron chi connectivity index (χ2n) is 4.62. The van der Waals surface area contributed by atoms with Crippen molar-refractivity contribution >= 4 is 12.2 Å². The lowest BCUT2D eigenvalue weighted by atomic mass is 10.0. The molecule has 1 atom stereocenters. The molecule has 19 heavy (non-hydrogen) atoms. The van der Waals surface area contributed by atoms with Crippen molar-refractivity contribution in [1.82, 2.24) is 9.55 Å². The van der Waals surface area contributed by atoms with E-state index in [9.17, 15) is 5.11 Å². The summed E-state index contributed by atoms with van der Waals surface area (Å²) in [6.07, 6.45) is 2.60. The molecule has 6 heteroatoms. The lowest BCUT2D eigenvalue weighted by Crippen LogP contribution is -2.26. The maximum absolute atomic E-state index is 9.55. The molecule has 1 aliphatic rings. The van der Waals surface area contributed by atoms with Gasteiger partial charge in [-0.3, -0.25) is 0 Å². The van der Waals surface area contributed by atoms with Crippen LogP contribution in [-0.2, 0) is 13.0 Å². The monoisotopic (exact) mass is 277 g/mol. The lowest BCUT2D eigenvalue weighted by molar-refractivity contribution is 0.220. The minimum atomic E-state index is 0.103. The molecule has 0 aliphatic carbocycles. The summed E-state index contributed by atoms with van der Waals surface area (Å²) < 4.78 is 8.39. The molecule has 0 bridgehead atoms. The molecule has 1 aromatic carbocycles. The van der Waals surface area contributed by atoms with Crippen LogP contribution in [0.3, 0.4) is 0 Å². The van der Waals surface area contributed by atoms with Gasteiger partial charge in [0, 0.05) is 19.2 Å². The molecule has 2 aromatic rings. The maximum atomic E-state index is 9.55. The van der Waals surface area contributed by atoms with E-state index in [1.807, 2.05) is 10.8 Å². The van der Waals surface area contributed by atoms with Crippen molar-refractivity contribution in [3.05, 3.63) is 40.4 Å². The van der Waals surface area contributed by atoms with E-state index >= 15 is 0 Å². The Hall–Kier alpha value is -1.79. The van der Waals surface area contributed by atoms with Crippen LogP contribution in [0.25, 0.3) is 0 Å². The van der Waals surface area contributed by atoms with E-state index in [2.05, 4.69) is 4.98 Å². The number of imidazole rings is 1. The Balaban J connectivity index is 1.97. The molecule has 0 saturated heterocycles. The number of phenols is 1. The minimum absolute atomic E-state index is 0.103. The number of fused-ring (bicyclic) bond motifs is 1. The first-order valence-electron chi connectivity index (χ1n) is 6.12. The van der Waals surface area contributed by atoms with Crippen LogP contribution < -0.4 is 10.5 Å². The van der Waals surface area contributed by atoms with Gasteiger partial charge in [-0.05, 0) is 36.0 Å². The van der Waals surface area contributed by atoms with Gasteiger partial charge in [0.05, 0.1) is 11.7 Å². The zero-order chi connectivity index (χ0) is 13.4. The molecule has 3 rings (SSSR count). The fourth-order valence-corrected chi connectivity index (χ4v) is 2.83. The van der Waals surface area contributed by atoms with Crippen LogP contribution in [0.5, 0.6) is 11.5 Å². The van der Waals surface area contributed by atoms with E-state index in [4.69, 9.17) is 22.7 Å². The third-order valence-electron chi connectivity index (χ3n) is 3.40. The number of ether oxygens (including phenoxy) is 1. The van der Waals surface area contributed by atoms with Crippen molar-refractivity contribution in [2.45, 2.75) is 19.0 Å². The molecular weight excluding hydrogens is 262 g/mol. The first-order chi connectivity index (χ1) is 9.19. The van der Waals surface area contributed by atoms with E-state index < -0.39 is 0 Å². The van der Waals surface area contributed by atoms with Crippen LogP contribution in [0.15, 0.2) is 24.4 Å². The van der Waals surface area contributed by atoms with Gasteiger partial charge in [0.2, 0.25) is 0 Å². The summed E-state index contributed by atoms with van der Waals surface area (Å²) in [5.74, 6) is 1.07. The number of hydrogen-bond acceptors (Lipinski definition) is 4. The van der Waals surface area contributed by atoms with Crippen molar-refractivity contribution in [1.29, 1.82) is 0 Å². The van der Waals surface area contributed by atoms with Crippen LogP contribution in [0.2, 0.25) is 0 Å². The number of phenolic OH excluding ortho intramolecular Hbond substituents is 1. The molecule has 0 fully saturated rings. The molecular formula is C13H15N3O2S. The first kappa shape index (κ1) is 12.3. The molecule has 0 unspecified atom stereocenters. The summed E-state index contributed by atoms with van der Waals surface area (Å²) in [5.41, 5.74) is 7.67. The highest BCUT2D eigenvalue weighted by Crippen LogP contribution is 2.32. The lowest BCUT2D eigenvalue weighted by Gasteiger charge is -2.27. The van der Waals surface area contributed by atoms with E-state index in [-0.39, 0.29) is 11.8 Å². The number of nitrogens with one attached hydrogen (secondary N) is 1. The minimum Gasteiger partial charge on any atom is -0.508 e. The van der Waals surface area contributed by atoms with Crippen molar-refractivity contribution < 1.29 is 9.84 Å². The predicted molar refractivity (Wildman–Crippen MR) is 73.9 cm³/mol. The molecule has 1 aromatic heterocycles. The smallest absolute Gasteiger partial charge is 0.177 e. The number of hydrogen-bond donors (Lipinski definition) is 3. The van der Waals surface area contributed by atoms with Crippen molar-refractivity contribution in [2.24, 2.45) is 5.73 Å². The maximum Gasteiger partial charge on any atom is 0.177 e. The fraction of sp³-hybridized carbons (Fsp3) is 0.308. The highest BCUT2D eigenvalue weighted by Gasteiger charge is 2.23. The quantitative estimate of drug-likeness (QED) is 0.733. The molecule has 0 saturated carbocycles. The fourth-order valence-electron chi connectivity index (χ4n) is 2.50. The molecule has 5 nitrogen and oxygen atoms in total. The summed E-state index contributed by atoms with van der Waals surface area (Å²) in [5, 5.41) is 9.55. The molecule has 1 aliphatic heterocycles. The normalized spacial score (nSPS) is 17.8. The zero-order valence-corrected chi connectivity index (χ0v) is 11.1. The van der Waals surface area contributed by atoms with Gasteiger partial charge in [-0.15, -0.1) is 0 Å². The van der Waals surface area contributed by atoms with Gasteiger partial charge >= 0.3 is 0 Å². The van der Waals surface area contributed by atoms with Gasteiger partial charge in [-0.2, -0.15) is 0 Å². The van der Waals surface area contributed by atoms with Gasteiger partial charge in [0.1, 0.15) is 18.1 Å². The molecule has 0 radical (unpaired) electrons. The van der Waals surface area contributed by atoms with E-state index in [1.165, 1.54) is 0 Å². The number of benzene rings is 1. The number of H-pyrrole nitrogens is 1. The Labute approximate surface area is 115 Å². The predicted octanol–water partition coefficient (Wildman–Crippen LogP) is 1.89. The summed E-state index contributed by atoms with van der Waals surface area (Å²) >= 11 is 5.29. The molecule has 2 heterocycles. The van der Waals surface area contributed by atoms with E-state index in [1.54, 1.807) is 18.2 Å². The Morgan fingerprint density at radius 3 is 3.16 bits per heavy atom. The summed E-state index contributed by atoms with van der Waals surface area (Å²) in [7, 11) is 0. The SMILES string of the molecule is NCc1c[nH]c(=S)n1[C@@H]1COc2ccc(O)cc2C1. The van der Waals surface area contributed by atoms with Crippen LogP contribution in [0.1, 0.15) is 17.3 Å². The standard InChI is InChI=1S/C13H15N3O2S/c14-5-10-6-15-13(19)16(10)9-3-8-4-11(17)1-2-12(8)18-7-9/h1-2,4,6,9,17H,3,5,7,14H2,(H,15,19)/t9-/m0/s1.